The third kappa shape index (κ3) is 4.07. The summed E-state index contributed by atoms with van der Waals surface area (Å²) in [6.45, 7) is 8.80. The number of piperidine rings is 1. The van der Waals surface area contributed by atoms with Crippen LogP contribution in [-0.2, 0) is 6.54 Å². The van der Waals surface area contributed by atoms with E-state index in [1.807, 2.05) is 19.1 Å². The Morgan fingerprint density at radius 2 is 1.91 bits per heavy atom. The maximum absolute atomic E-state index is 13.3. The Hall–Kier alpha value is -2.99. The summed E-state index contributed by atoms with van der Waals surface area (Å²) in [6, 6.07) is 7.15. The fourth-order valence-electron chi connectivity index (χ4n) is 5.04. The second kappa shape index (κ2) is 8.87. The van der Waals surface area contributed by atoms with Gasteiger partial charge in [-0.3, -0.25) is 9.69 Å². The van der Waals surface area contributed by atoms with Gasteiger partial charge < -0.3 is 19.3 Å². The number of fused-ring (bicyclic) bond motifs is 1. The minimum atomic E-state index is -0.191. The minimum Gasteiger partial charge on any atom is -0.507 e. The predicted octanol–water partition coefficient (Wildman–Crippen LogP) is 4.81. The number of nitrogens with zero attached hydrogens (tertiary/aromatic N) is 1. The minimum absolute atomic E-state index is 0.167. The van der Waals surface area contributed by atoms with Crippen LogP contribution < -0.4 is 14.2 Å². The third-order valence-electron chi connectivity index (χ3n) is 6.27. The van der Waals surface area contributed by atoms with Crippen LogP contribution in [0.15, 0.2) is 30.0 Å². The van der Waals surface area contributed by atoms with Gasteiger partial charge in [0.15, 0.2) is 17.3 Å². The van der Waals surface area contributed by atoms with Gasteiger partial charge >= 0.3 is 0 Å². The molecule has 2 heterocycles. The molecular weight excluding hydrogens is 406 g/mol. The highest BCUT2D eigenvalue weighted by Gasteiger charge is 2.34. The Morgan fingerprint density at radius 1 is 1.19 bits per heavy atom. The number of hydrogen-bond acceptors (Lipinski definition) is 6. The average Bonchev–Trinajstić information content (AvgIpc) is 3.06. The molecule has 2 aliphatic rings. The van der Waals surface area contributed by atoms with Gasteiger partial charge in [0.1, 0.15) is 11.5 Å². The van der Waals surface area contributed by atoms with Crippen molar-refractivity contribution in [2.75, 3.05) is 27.3 Å². The maximum Gasteiger partial charge on any atom is 0.232 e. The highest BCUT2D eigenvalue weighted by Crippen LogP contribution is 2.43. The molecule has 0 saturated carbocycles. The molecule has 1 N–H and O–H groups in total. The van der Waals surface area contributed by atoms with Crippen molar-refractivity contribution in [3.8, 4) is 23.0 Å². The van der Waals surface area contributed by atoms with Gasteiger partial charge in [-0.25, -0.2) is 0 Å². The summed E-state index contributed by atoms with van der Waals surface area (Å²) in [7, 11) is 3.13. The van der Waals surface area contributed by atoms with Crippen molar-refractivity contribution in [2.24, 2.45) is 11.8 Å². The van der Waals surface area contributed by atoms with Crippen LogP contribution in [0.1, 0.15) is 47.3 Å². The van der Waals surface area contributed by atoms with Crippen LogP contribution in [-0.4, -0.2) is 43.1 Å². The summed E-state index contributed by atoms with van der Waals surface area (Å²) in [6.07, 6.45) is 2.88. The van der Waals surface area contributed by atoms with Crippen molar-refractivity contribution >= 4 is 11.9 Å². The lowest BCUT2D eigenvalue weighted by Crippen LogP contribution is -2.38. The molecule has 32 heavy (non-hydrogen) atoms. The molecule has 2 aromatic carbocycles. The molecule has 0 radical (unpaired) electrons. The first-order valence-electron chi connectivity index (χ1n) is 11.0. The van der Waals surface area contributed by atoms with Crippen molar-refractivity contribution in [3.63, 3.8) is 0 Å². The zero-order valence-corrected chi connectivity index (χ0v) is 19.4. The van der Waals surface area contributed by atoms with Gasteiger partial charge in [-0.2, -0.15) is 0 Å². The lowest BCUT2D eigenvalue weighted by Gasteiger charge is -2.35. The van der Waals surface area contributed by atoms with E-state index in [4.69, 9.17) is 14.2 Å². The first kappa shape index (κ1) is 22.2. The number of methoxy groups -OCH3 is 2. The number of allylic oxidation sites excluding steroid dienone is 1. The van der Waals surface area contributed by atoms with Gasteiger partial charge in [-0.05, 0) is 49.0 Å². The number of hydrogen-bond donors (Lipinski definition) is 1. The standard InChI is InChI=1S/C26H31NO5/c1-15-9-16(2)13-27(12-15)14-19-20(28)10-17(3)23-24(29)22(32-26(19)23)11-18-7-6-8-21(30-4)25(18)31-5/h6-8,10-11,15-16,28H,9,12-14H2,1-5H3/b22-11+. The Morgan fingerprint density at radius 3 is 2.56 bits per heavy atom. The van der Waals surface area contributed by atoms with E-state index in [0.29, 0.717) is 57.9 Å². The summed E-state index contributed by atoms with van der Waals surface area (Å²) >= 11 is 0. The smallest absolute Gasteiger partial charge is 0.232 e. The summed E-state index contributed by atoms with van der Waals surface area (Å²) in [5, 5.41) is 10.8. The van der Waals surface area contributed by atoms with Crippen molar-refractivity contribution in [1.82, 2.24) is 4.90 Å². The summed E-state index contributed by atoms with van der Waals surface area (Å²) in [4.78, 5) is 15.6. The quantitative estimate of drug-likeness (QED) is 0.677. The highest BCUT2D eigenvalue weighted by molar-refractivity contribution is 6.16. The number of rotatable bonds is 5. The zero-order valence-electron chi connectivity index (χ0n) is 19.4. The molecule has 4 rings (SSSR count). The number of para-hydroxylation sites is 1. The molecule has 1 fully saturated rings. The highest BCUT2D eigenvalue weighted by atomic mass is 16.5. The van der Waals surface area contributed by atoms with Crippen molar-refractivity contribution < 1.29 is 24.1 Å². The van der Waals surface area contributed by atoms with Crippen LogP contribution in [0.3, 0.4) is 0 Å². The molecule has 1 saturated heterocycles. The number of ether oxygens (including phenoxy) is 3. The number of aryl methyl sites for hydroxylation is 1. The molecule has 0 bridgehead atoms. The molecule has 0 amide bonds. The van der Waals surface area contributed by atoms with Gasteiger partial charge in [0.25, 0.3) is 0 Å². The molecular formula is C26H31NO5. The number of phenolic OH excluding ortho intramolecular Hbond substituents is 1. The lowest BCUT2D eigenvalue weighted by molar-refractivity contribution is 0.101. The largest absolute Gasteiger partial charge is 0.507 e. The summed E-state index contributed by atoms with van der Waals surface area (Å²) in [5.41, 5.74) is 2.57. The third-order valence-corrected chi connectivity index (χ3v) is 6.27. The van der Waals surface area contributed by atoms with Gasteiger partial charge in [-0.15, -0.1) is 0 Å². The molecule has 0 aliphatic carbocycles. The van der Waals surface area contributed by atoms with Crippen LogP contribution in [0.2, 0.25) is 0 Å². The van der Waals surface area contributed by atoms with Crippen LogP contribution in [0.4, 0.5) is 0 Å². The molecule has 6 nitrogen and oxygen atoms in total. The summed E-state index contributed by atoms with van der Waals surface area (Å²) < 4.78 is 17.0. The van der Waals surface area contributed by atoms with E-state index < -0.39 is 0 Å². The molecule has 2 unspecified atom stereocenters. The number of likely N-dealkylation sites (tertiary alicyclic amines) is 1. The predicted molar refractivity (Wildman–Crippen MR) is 124 cm³/mol. The fraction of sp³-hybridized carbons (Fsp3) is 0.423. The van der Waals surface area contributed by atoms with E-state index >= 15 is 0 Å². The van der Waals surface area contributed by atoms with Gasteiger partial charge in [0, 0.05) is 25.2 Å². The van der Waals surface area contributed by atoms with Crippen molar-refractivity contribution in [3.05, 3.63) is 52.3 Å². The Labute approximate surface area is 189 Å². The van der Waals surface area contributed by atoms with E-state index in [1.165, 1.54) is 6.42 Å². The van der Waals surface area contributed by atoms with Gasteiger partial charge in [0.05, 0.1) is 25.3 Å². The fourth-order valence-corrected chi connectivity index (χ4v) is 5.04. The Bertz CT molecular complexity index is 1060. The topological polar surface area (TPSA) is 68.2 Å². The number of Topliss-reactive ketones (excluding diaryl/α,β-unsaturated/α-hetero) is 1. The average molecular weight is 438 g/mol. The van der Waals surface area contributed by atoms with Crippen LogP contribution in [0.25, 0.3) is 6.08 Å². The van der Waals surface area contributed by atoms with E-state index in [0.717, 1.165) is 13.1 Å². The van der Waals surface area contributed by atoms with Crippen LogP contribution in [0, 0.1) is 18.8 Å². The van der Waals surface area contributed by atoms with E-state index in [2.05, 4.69) is 18.7 Å². The molecule has 2 atom stereocenters. The molecule has 170 valence electrons. The summed E-state index contributed by atoms with van der Waals surface area (Å²) in [5.74, 6) is 2.95. The number of benzene rings is 2. The number of carbonyl (C=O) groups is 1. The lowest BCUT2D eigenvalue weighted by atomic mass is 9.91. The van der Waals surface area contributed by atoms with Crippen molar-refractivity contribution in [2.45, 2.75) is 33.7 Å². The number of phenols is 1. The zero-order chi connectivity index (χ0) is 23.0. The molecule has 0 aromatic heterocycles. The number of aromatic hydroxyl groups is 1. The molecule has 6 heteroatoms. The van der Waals surface area contributed by atoms with Gasteiger partial charge in [0.2, 0.25) is 5.78 Å². The Balaban J connectivity index is 1.71. The number of ketones is 1. The first-order valence-corrected chi connectivity index (χ1v) is 11.0. The van der Waals surface area contributed by atoms with E-state index in [9.17, 15) is 9.90 Å². The monoisotopic (exact) mass is 437 g/mol. The molecule has 2 aliphatic heterocycles. The second-order valence-electron chi connectivity index (χ2n) is 9.06. The first-order chi connectivity index (χ1) is 15.3. The van der Waals surface area contributed by atoms with Crippen molar-refractivity contribution in [1.29, 1.82) is 0 Å². The SMILES string of the molecule is COc1cccc(/C=C2/Oc3c(CN4CC(C)CC(C)C4)c(O)cc(C)c3C2=O)c1OC. The molecule has 2 aromatic rings. The van der Waals surface area contributed by atoms with E-state index in [1.54, 1.807) is 32.4 Å². The normalized spacial score (nSPS) is 22.0. The van der Waals surface area contributed by atoms with Crippen LogP contribution >= 0.6 is 0 Å². The molecule has 0 spiro atoms. The van der Waals surface area contributed by atoms with Gasteiger partial charge in [-0.1, -0.05) is 26.0 Å². The maximum atomic E-state index is 13.3. The van der Waals surface area contributed by atoms with Crippen LogP contribution in [0.5, 0.6) is 23.0 Å². The number of carbonyl (C=O) groups excluding carboxylic acids is 1. The Kier molecular flexibility index (Phi) is 6.15. The second-order valence-corrected chi connectivity index (χ2v) is 9.06. The van der Waals surface area contributed by atoms with E-state index in [-0.39, 0.29) is 17.3 Å².